The second-order valence-electron chi connectivity index (χ2n) is 7.61. The first-order valence-corrected chi connectivity index (χ1v) is 10.5. The van der Waals surface area contributed by atoms with E-state index in [4.69, 9.17) is 9.84 Å². The zero-order valence-electron chi connectivity index (χ0n) is 17.5. The van der Waals surface area contributed by atoms with Gasteiger partial charge in [0.15, 0.2) is 0 Å². The van der Waals surface area contributed by atoms with Gasteiger partial charge in [0.1, 0.15) is 0 Å². The van der Waals surface area contributed by atoms with E-state index in [9.17, 15) is 18.0 Å². The van der Waals surface area contributed by atoms with E-state index in [2.05, 4.69) is 10.3 Å². The monoisotopic (exact) mass is 444 g/mol. The van der Waals surface area contributed by atoms with Gasteiger partial charge in [-0.15, -0.1) is 0 Å². The van der Waals surface area contributed by atoms with Crippen molar-refractivity contribution in [1.29, 1.82) is 0 Å². The van der Waals surface area contributed by atoms with Gasteiger partial charge in [-0.3, -0.25) is 4.79 Å². The summed E-state index contributed by atoms with van der Waals surface area (Å²) in [6.45, 7) is 2.37. The quantitative estimate of drug-likeness (QED) is 0.570. The lowest BCUT2D eigenvalue weighted by Crippen LogP contribution is -2.28. The molecule has 1 aliphatic rings. The van der Waals surface area contributed by atoms with Crippen molar-refractivity contribution in [2.75, 3.05) is 6.61 Å². The van der Waals surface area contributed by atoms with Gasteiger partial charge in [0.25, 0.3) is 5.91 Å². The summed E-state index contributed by atoms with van der Waals surface area (Å²) in [6.07, 6.45) is 2.25. The Morgan fingerprint density at radius 2 is 2.09 bits per heavy atom. The minimum atomic E-state index is -4.50. The second kappa shape index (κ2) is 9.02. The number of rotatable bonds is 5. The van der Waals surface area contributed by atoms with Gasteiger partial charge in [-0.25, -0.2) is 9.67 Å². The number of aromatic nitrogens is 3. The lowest BCUT2D eigenvalue weighted by atomic mass is 10.0. The fourth-order valence-corrected chi connectivity index (χ4v) is 3.83. The van der Waals surface area contributed by atoms with Crippen molar-refractivity contribution in [3.8, 4) is 11.6 Å². The molecule has 1 aliphatic carbocycles. The number of carbonyl (C=O) groups is 1. The van der Waals surface area contributed by atoms with E-state index in [1.54, 1.807) is 16.9 Å². The van der Waals surface area contributed by atoms with Gasteiger partial charge in [0, 0.05) is 29.6 Å². The van der Waals surface area contributed by atoms with Gasteiger partial charge < -0.3 is 10.1 Å². The molecule has 168 valence electrons. The maximum Gasteiger partial charge on any atom is 0.416 e. The standard InChI is InChI=1S/C23H23F3N4O2/c1-2-32-21-13-17(10-11-27-21)30-14-18-19(8-3-4-9-20(18)29-30)28-22(31)15-6-5-7-16(12-15)23(24,25)26/h5-7,10-14,19H,2-4,8-9H2,1H3,(H,28,31)/t19-/m1/s1. The molecule has 9 heteroatoms. The molecule has 0 bridgehead atoms. The van der Waals surface area contributed by atoms with Crippen LogP contribution >= 0.6 is 0 Å². The predicted octanol–water partition coefficient (Wildman–Crippen LogP) is 4.88. The fraction of sp³-hybridized carbons (Fsp3) is 0.348. The van der Waals surface area contributed by atoms with Crippen LogP contribution in [0, 0.1) is 0 Å². The Bertz CT molecular complexity index is 1110. The maximum atomic E-state index is 13.0. The molecule has 1 aromatic carbocycles. The molecule has 2 heterocycles. The molecule has 0 fully saturated rings. The molecule has 6 nitrogen and oxygen atoms in total. The van der Waals surface area contributed by atoms with Crippen LogP contribution in [0.4, 0.5) is 13.2 Å². The highest BCUT2D eigenvalue weighted by Crippen LogP contribution is 2.31. The lowest BCUT2D eigenvalue weighted by molar-refractivity contribution is -0.137. The van der Waals surface area contributed by atoms with Crippen molar-refractivity contribution in [2.24, 2.45) is 0 Å². The summed E-state index contributed by atoms with van der Waals surface area (Å²) in [4.78, 5) is 16.9. The lowest BCUT2D eigenvalue weighted by Gasteiger charge is -2.17. The third-order valence-corrected chi connectivity index (χ3v) is 5.39. The normalized spacial score (nSPS) is 16.2. The van der Waals surface area contributed by atoms with Gasteiger partial charge in [0.05, 0.1) is 29.6 Å². The van der Waals surface area contributed by atoms with Crippen molar-refractivity contribution in [3.63, 3.8) is 0 Å². The second-order valence-corrected chi connectivity index (χ2v) is 7.61. The minimum absolute atomic E-state index is 0.0199. The smallest absolute Gasteiger partial charge is 0.416 e. The zero-order chi connectivity index (χ0) is 22.7. The summed E-state index contributed by atoms with van der Waals surface area (Å²) in [5, 5.41) is 7.60. The SMILES string of the molecule is CCOc1cc(-n2cc3c(n2)CCCC[C@H]3NC(=O)c2cccc(C(F)(F)F)c2)ccn1. The van der Waals surface area contributed by atoms with E-state index in [1.165, 1.54) is 12.1 Å². The average molecular weight is 444 g/mol. The number of halogens is 3. The Labute approximate surface area is 183 Å². The summed E-state index contributed by atoms with van der Waals surface area (Å²) in [7, 11) is 0. The maximum absolute atomic E-state index is 13.0. The molecular weight excluding hydrogens is 421 g/mol. The number of benzene rings is 1. The number of hydrogen-bond donors (Lipinski definition) is 1. The van der Waals surface area contributed by atoms with Gasteiger partial charge in [-0.05, 0) is 50.5 Å². The number of nitrogens with zero attached hydrogens (tertiary/aromatic N) is 3. The van der Waals surface area contributed by atoms with E-state index in [0.717, 1.165) is 48.3 Å². The summed E-state index contributed by atoms with van der Waals surface area (Å²) >= 11 is 0. The molecule has 1 atom stereocenters. The van der Waals surface area contributed by atoms with Crippen molar-refractivity contribution in [3.05, 3.63) is 71.2 Å². The molecule has 3 aromatic rings. The molecule has 0 radical (unpaired) electrons. The largest absolute Gasteiger partial charge is 0.478 e. The Morgan fingerprint density at radius 1 is 1.25 bits per heavy atom. The average Bonchev–Trinajstić information content (AvgIpc) is 3.11. The van der Waals surface area contributed by atoms with Gasteiger partial charge in [0.2, 0.25) is 5.88 Å². The topological polar surface area (TPSA) is 69.0 Å². The molecule has 4 rings (SSSR count). The van der Waals surface area contributed by atoms with Crippen molar-refractivity contribution >= 4 is 5.91 Å². The van der Waals surface area contributed by atoms with Crippen LogP contribution in [-0.4, -0.2) is 27.3 Å². The van der Waals surface area contributed by atoms with E-state index < -0.39 is 17.6 Å². The third-order valence-electron chi connectivity index (χ3n) is 5.39. The molecular formula is C23H23F3N4O2. The van der Waals surface area contributed by atoms with E-state index >= 15 is 0 Å². The molecule has 1 amide bonds. The van der Waals surface area contributed by atoms with Crippen LogP contribution in [0.2, 0.25) is 0 Å². The molecule has 0 spiro atoms. The van der Waals surface area contributed by atoms with Crippen LogP contribution in [0.1, 0.15) is 59.4 Å². The first-order valence-electron chi connectivity index (χ1n) is 10.5. The van der Waals surface area contributed by atoms with Crippen molar-refractivity contribution in [2.45, 2.75) is 44.8 Å². The number of ether oxygens (including phenoxy) is 1. The van der Waals surface area contributed by atoms with Crippen LogP contribution in [0.3, 0.4) is 0 Å². The number of nitrogens with one attached hydrogen (secondary N) is 1. The molecule has 0 unspecified atom stereocenters. The van der Waals surface area contributed by atoms with Crippen molar-refractivity contribution < 1.29 is 22.7 Å². The zero-order valence-corrected chi connectivity index (χ0v) is 17.5. The van der Waals surface area contributed by atoms with Crippen LogP contribution < -0.4 is 10.1 Å². The highest BCUT2D eigenvalue weighted by atomic mass is 19.4. The summed E-state index contributed by atoms with van der Waals surface area (Å²) in [5.41, 5.74) is 1.65. The number of carbonyl (C=O) groups excluding carboxylic acids is 1. The van der Waals surface area contributed by atoms with Gasteiger partial charge in [-0.1, -0.05) is 12.5 Å². The van der Waals surface area contributed by atoms with E-state index in [1.807, 2.05) is 19.2 Å². The number of aryl methyl sites for hydroxylation is 1. The van der Waals surface area contributed by atoms with Gasteiger partial charge in [-0.2, -0.15) is 18.3 Å². The first-order chi connectivity index (χ1) is 15.3. The fourth-order valence-electron chi connectivity index (χ4n) is 3.83. The molecule has 1 N–H and O–H groups in total. The number of fused-ring (bicyclic) bond motifs is 1. The van der Waals surface area contributed by atoms with Gasteiger partial charge >= 0.3 is 6.18 Å². The first kappa shape index (κ1) is 21.9. The minimum Gasteiger partial charge on any atom is -0.478 e. The Balaban J connectivity index is 1.59. The van der Waals surface area contributed by atoms with Crippen LogP contribution in [-0.2, 0) is 12.6 Å². The summed E-state index contributed by atoms with van der Waals surface area (Å²) in [6, 6.07) is 7.72. The molecule has 0 aliphatic heterocycles. The Kier molecular flexibility index (Phi) is 6.16. The molecule has 32 heavy (non-hydrogen) atoms. The highest BCUT2D eigenvalue weighted by Gasteiger charge is 2.31. The predicted molar refractivity (Wildman–Crippen MR) is 112 cm³/mol. The van der Waals surface area contributed by atoms with E-state index in [0.29, 0.717) is 18.9 Å². The molecule has 0 saturated carbocycles. The van der Waals surface area contributed by atoms with Crippen LogP contribution in [0.5, 0.6) is 5.88 Å². The molecule has 2 aromatic heterocycles. The number of hydrogen-bond acceptors (Lipinski definition) is 4. The number of alkyl halides is 3. The number of pyridine rings is 1. The Hall–Kier alpha value is -3.36. The highest BCUT2D eigenvalue weighted by molar-refractivity contribution is 5.94. The van der Waals surface area contributed by atoms with E-state index in [-0.39, 0.29) is 11.6 Å². The van der Waals surface area contributed by atoms with Crippen LogP contribution in [0.25, 0.3) is 5.69 Å². The van der Waals surface area contributed by atoms with Crippen LogP contribution in [0.15, 0.2) is 48.8 Å². The molecule has 0 saturated heterocycles. The van der Waals surface area contributed by atoms with Crippen molar-refractivity contribution in [1.82, 2.24) is 20.1 Å². The summed E-state index contributed by atoms with van der Waals surface area (Å²) in [5.74, 6) is -0.0469. The Morgan fingerprint density at radius 3 is 2.88 bits per heavy atom. The third kappa shape index (κ3) is 4.76. The number of amides is 1. The summed E-state index contributed by atoms with van der Waals surface area (Å²) < 4.78 is 46.3.